The van der Waals surface area contributed by atoms with Crippen LogP contribution in [-0.2, 0) is 21.2 Å². The average molecular weight is 409 g/mol. The number of nitrogens with zero attached hydrogens (tertiary/aromatic N) is 1. The van der Waals surface area contributed by atoms with Crippen LogP contribution in [-0.4, -0.2) is 39.8 Å². The third-order valence-corrected chi connectivity index (χ3v) is 6.62. The molecule has 3 rings (SSSR count). The van der Waals surface area contributed by atoms with E-state index >= 15 is 0 Å². The number of halogens is 1. The van der Waals surface area contributed by atoms with Gasteiger partial charge in [0.05, 0.1) is 11.4 Å². The number of hydrogen-bond acceptors (Lipinski definition) is 4. The SMILES string of the molecule is Cc1c(Cl)cccc1OCC(=O)NCCS(=O)(=O)N1CCc2ccccc21. The number of para-hydroxylation sites is 1. The van der Waals surface area contributed by atoms with Gasteiger partial charge in [0.15, 0.2) is 6.61 Å². The number of anilines is 1. The predicted octanol–water partition coefficient (Wildman–Crippen LogP) is 2.54. The van der Waals surface area contributed by atoms with E-state index in [9.17, 15) is 13.2 Å². The lowest BCUT2D eigenvalue weighted by atomic mass is 10.2. The van der Waals surface area contributed by atoms with Gasteiger partial charge in [-0.25, -0.2) is 8.42 Å². The van der Waals surface area contributed by atoms with Crippen LogP contribution in [0.5, 0.6) is 5.75 Å². The van der Waals surface area contributed by atoms with Crippen molar-refractivity contribution in [2.75, 3.05) is 29.8 Å². The zero-order chi connectivity index (χ0) is 19.4. The number of ether oxygens (including phenoxy) is 1. The second-order valence-electron chi connectivity index (χ2n) is 6.27. The lowest BCUT2D eigenvalue weighted by Crippen LogP contribution is -2.38. The van der Waals surface area contributed by atoms with Crippen molar-refractivity contribution in [2.45, 2.75) is 13.3 Å². The van der Waals surface area contributed by atoms with Crippen molar-refractivity contribution in [2.24, 2.45) is 0 Å². The Morgan fingerprint density at radius 3 is 2.81 bits per heavy atom. The summed E-state index contributed by atoms with van der Waals surface area (Å²) in [6, 6.07) is 12.7. The van der Waals surface area contributed by atoms with Gasteiger partial charge in [-0.05, 0) is 37.1 Å². The summed E-state index contributed by atoms with van der Waals surface area (Å²) >= 11 is 6.01. The zero-order valence-corrected chi connectivity index (χ0v) is 16.5. The Morgan fingerprint density at radius 1 is 1.22 bits per heavy atom. The third-order valence-electron chi connectivity index (χ3n) is 4.44. The molecular formula is C19H21ClN2O4S. The van der Waals surface area contributed by atoms with Gasteiger partial charge in [-0.3, -0.25) is 9.10 Å². The normalized spacial score (nSPS) is 13.3. The van der Waals surface area contributed by atoms with Gasteiger partial charge in [-0.1, -0.05) is 35.9 Å². The molecule has 1 amide bonds. The van der Waals surface area contributed by atoms with E-state index in [1.807, 2.05) is 18.2 Å². The average Bonchev–Trinajstić information content (AvgIpc) is 3.08. The van der Waals surface area contributed by atoms with Crippen LogP contribution in [0, 0.1) is 6.92 Å². The van der Waals surface area contributed by atoms with E-state index in [1.165, 1.54) is 4.31 Å². The van der Waals surface area contributed by atoms with Crippen LogP contribution in [0.25, 0.3) is 0 Å². The predicted molar refractivity (Wildman–Crippen MR) is 106 cm³/mol. The molecule has 0 fully saturated rings. The first kappa shape index (κ1) is 19.5. The fourth-order valence-electron chi connectivity index (χ4n) is 2.96. The number of carbonyl (C=O) groups is 1. The minimum atomic E-state index is -3.49. The van der Waals surface area contributed by atoms with E-state index in [0.29, 0.717) is 23.7 Å². The molecule has 0 atom stereocenters. The maximum absolute atomic E-state index is 12.6. The van der Waals surface area contributed by atoms with Crippen LogP contribution in [0.3, 0.4) is 0 Å². The summed E-state index contributed by atoms with van der Waals surface area (Å²) in [5.74, 6) is -0.0196. The molecule has 0 saturated heterocycles. The molecule has 27 heavy (non-hydrogen) atoms. The number of hydrogen-bond donors (Lipinski definition) is 1. The topological polar surface area (TPSA) is 75.7 Å². The highest BCUT2D eigenvalue weighted by molar-refractivity contribution is 7.92. The number of benzene rings is 2. The fraction of sp³-hybridized carbons (Fsp3) is 0.316. The van der Waals surface area contributed by atoms with Gasteiger partial charge in [-0.2, -0.15) is 0 Å². The van der Waals surface area contributed by atoms with Crippen molar-refractivity contribution in [3.63, 3.8) is 0 Å². The Kier molecular flexibility index (Phi) is 5.92. The number of fused-ring (bicyclic) bond motifs is 1. The molecule has 0 unspecified atom stereocenters. The van der Waals surface area contributed by atoms with Crippen LogP contribution in [0.1, 0.15) is 11.1 Å². The number of sulfonamides is 1. The second kappa shape index (κ2) is 8.19. The zero-order valence-electron chi connectivity index (χ0n) is 14.9. The van der Waals surface area contributed by atoms with Crippen LogP contribution in [0.2, 0.25) is 5.02 Å². The third kappa shape index (κ3) is 4.54. The van der Waals surface area contributed by atoms with Gasteiger partial charge in [0.2, 0.25) is 10.0 Å². The summed E-state index contributed by atoms with van der Waals surface area (Å²) in [4.78, 5) is 11.9. The highest BCUT2D eigenvalue weighted by Gasteiger charge is 2.28. The molecule has 6 nitrogen and oxygen atoms in total. The van der Waals surface area contributed by atoms with Crippen LogP contribution in [0.4, 0.5) is 5.69 Å². The minimum Gasteiger partial charge on any atom is -0.483 e. The number of carbonyl (C=O) groups excluding carboxylic acids is 1. The van der Waals surface area contributed by atoms with Gasteiger partial charge < -0.3 is 10.1 Å². The van der Waals surface area contributed by atoms with E-state index in [2.05, 4.69) is 5.32 Å². The first-order valence-electron chi connectivity index (χ1n) is 8.61. The molecule has 1 N–H and O–H groups in total. The Labute approximate surface area is 164 Å². The monoisotopic (exact) mass is 408 g/mol. The Hall–Kier alpha value is -2.25. The van der Waals surface area contributed by atoms with Gasteiger partial charge in [-0.15, -0.1) is 0 Å². The summed E-state index contributed by atoms with van der Waals surface area (Å²) in [5, 5.41) is 3.15. The van der Waals surface area contributed by atoms with Crippen LogP contribution in [0.15, 0.2) is 42.5 Å². The molecule has 2 aromatic rings. The number of nitrogens with one attached hydrogen (secondary N) is 1. The molecule has 0 aliphatic carbocycles. The fourth-order valence-corrected chi connectivity index (χ4v) is 4.56. The summed E-state index contributed by atoms with van der Waals surface area (Å²) in [5.41, 5.74) is 2.50. The maximum atomic E-state index is 12.6. The molecule has 0 bridgehead atoms. The molecule has 0 aromatic heterocycles. The van der Waals surface area contributed by atoms with Crippen molar-refractivity contribution in [1.82, 2.24) is 5.32 Å². The molecule has 2 aromatic carbocycles. The molecule has 0 saturated carbocycles. The van der Waals surface area contributed by atoms with Gasteiger partial charge >= 0.3 is 0 Å². The first-order valence-corrected chi connectivity index (χ1v) is 10.6. The van der Waals surface area contributed by atoms with E-state index in [1.54, 1.807) is 31.2 Å². The van der Waals surface area contributed by atoms with Crippen molar-refractivity contribution in [1.29, 1.82) is 0 Å². The van der Waals surface area contributed by atoms with Gasteiger partial charge in [0.25, 0.3) is 5.91 Å². The Morgan fingerprint density at radius 2 is 2.00 bits per heavy atom. The molecule has 0 spiro atoms. The molecule has 144 valence electrons. The van der Waals surface area contributed by atoms with E-state index in [0.717, 1.165) is 16.8 Å². The molecule has 1 aliphatic rings. The smallest absolute Gasteiger partial charge is 0.257 e. The molecule has 1 heterocycles. The second-order valence-corrected chi connectivity index (χ2v) is 8.69. The van der Waals surface area contributed by atoms with E-state index in [-0.39, 0.29) is 24.8 Å². The van der Waals surface area contributed by atoms with E-state index in [4.69, 9.17) is 16.3 Å². The maximum Gasteiger partial charge on any atom is 0.257 e. The highest BCUT2D eigenvalue weighted by atomic mass is 35.5. The lowest BCUT2D eigenvalue weighted by Gasteiger charge is -2.19. The van der Waals surface area contributed by atoms with Crippen LogP contribution >= 0.6 is 11.6 Å². The van der Waals surface area contributed by atoms with Crippen molar-refractivity contribution < 1.29 is 17.9 Å². The lowest BCUT2D eigenvalue weighted by molar-refractivity contribution is -0.122. The first-order chi connectivity index (χ1) is 12.9. The number of amides is 1. The Bertz CT molecular complexity index is 946. The largest absolute Gasteiger partial charge is 0.483 e. The Balaban J connectivity index is 1.49. The molecule has 0 radical (unpaired) electrons. The quantitative estimate of drug-likeness (QED) is 0.763. The summed E-state index contributed by atoms with van der Waals surface area (Å²) in [7, 11) is -3.49. The number of rotatable bonds is 7. The van der Waals surface area contributed by atoms with E-state index < -0.39 is 10.0 Å². The summed E-state index contributed by atoms with van der Waals surface area (Å²) in [6.07, 6.45) is 0.703. The van der Waals surface area contributed by atoms with Gasteiger partial charge in [0.1, 0.15) is 5.75 Å². The van der Waals surface area contributed by atoms with Crippen LogP contribution < -0.4 is 14.4 Å². The summed E-state index contributed by atoms with van der Waals surface area (Å²) in [6.45, 7) is 2.06. The van der Waals surface area contributed by atoms with Crippen molar-refractivity contribution in [3.05, 3.63) is 58.6 Å². The summed E-state index contributed by atoms with van der Waals surface area (Å²) < 4.78 is 32.0. The van der Waals surface area contributed by atoms with Crippen molar-refractivity contribution >= 4 is 33.2 Å². The standard InChI is InChI=1S/C19H21ClN2O4S/c1-14-16(20)6-4-8-18(14)26-13-19(23)21-10-12-27(24,25)22-11-9-15-5-2-3-7-17(15)22/h2-8H,9-13H2,1H3,(H,21,23). The molecular weight excluding hydrogens is 388 g/mol. The molecule has 1 aliphatic heterocycles. The van der Waals surface area contributed by atoms with Gasteiger partial charge in [0, 0.05) is 23.7 Å². The minimum absolute atomic E-state index is 0.0255. The van der Waals surface area contributed by atoms with Crippen molar-refractivity contribution in [3.8, 4) is 5.75 Å². The highest BCUT2D eigenvalue weighted by Crippen LogP contribution is 2.29. The molecule has 8 heteroatoms.